The molecule has 2 rings (SSSR count). The molecule has 2 aromatic carbocycles. The standard InChI is InChI=1S/C14H15ClSi/c1-12-6-5-9-14(10-12)16(11-15)13-7-3-2-4-8-13/h2-10,16H,11H2,1H3. The van der Waals surface area contributed by atoms with Crippen LogP contribution in [-0.4, -0.2) is 14.3 Å². The molecule has 16 heavy (non-hydrogen) atoms. The minimum Gasteiger partial charge on any atom is -0.130 e. The fourth-order valence-electron chi connectivity index (χ4n) is 1.94. The largest absolute Gasteiger partial charge is 0.130 e. The van der Waals surface area contributed by atoms with E-state index >= 15 is 0 Å². The second kappa shape index (κ2) is 5.33. The molecule has 1 atom stereocenters. The molecule has 0 aliphatic carbocycles. The van der Waals surface area contributed by atoms with Gasteiger partial charge in [-0.15, -0.1) is 11.6 Å². The highest BCUT2D eigenvalue weighted by Crippen LogP contribution is 1.98. The minimum atomic E-state index is -1.19. The Labute approximate surface area is 103 Å². The van der Waals surface area contributed by atoms with Crippen LogP contribution in [0.1, 0.15) is 5.56 Å². The molecule has 0 N–H and O–H groups in total. The maximum absolute atomic E-state index is 6.15. The SMILES string of the molecule is Cc1cccc([SiH](CCl)c2ccccc2)c1. The summed E-state index contributed by atoms with van der Waals surface area (Å²) < 4.78 is 0. The molecule has 2 aromatic rings. The molecule has 0 spiro atoms. The fraction of sp³-hybridized carbons (Fsp3) is 0.143. The van der Waals surface area contributed by atoms with Gasteiger partial charge in [-0.3, -0.25) is 0 Å². The topological polar surface area (TPSA) is 0 Å². The van der Waals surface area contributed by atoms with E-state index < -0.39 is 8.80 Å². The lowest BCUT2D eigenvalue weighted by Crippen LogP contribution is -2.44. The van der Waals surface area contributed by atoms with Gasteiger partial charge in [-0.1, -0.05) is 70.5 Å². The van der Waals surface area contributed by atoms with Gasteiger partial charge in [-0.05, 0) is 6.92 Å². The first-order valence-electron chi connectivity index (χ1n) is 5.48. The maximum Gasteiger partial charge on any atom is 0.117 e. The fourth-order valence-corrected chi connectivity index (χ4v) is 5.25. The van der Waals surface area contributed by atoms with Gasteiger partial charge in [0.25, 0.3) is 0 Å². The van der Waals surface area contributed by atoms with Crippen LogP contribution in [0.5, 0.6) is 0 Å². The first kappa shape index (κ1) is 11.4. The van der Waals surface area contributed by atoms with Crippen molar-refractivity contribution >= 4 is 30.8 Å². The molecule has 82 valence electrons. The molecule has 0 saturated carbocycles. The monoisotopic (exact) mass is 246 g/mol. The summed E-state index contributed by atoms with van der Waals surface area (Å²) in [5, 5.41) is 2.85. The first-order chi connectivity index (χ1) is 7.81. The number of hydrogen-bond donors (Lipinski definition) is 0. The summed E-state index contributed by atoms with van der Waals surface area (Å²) in [7, 11) is -1.19. The van der Waals surface area contributed by atoms with E-state index in [9.17, 15) is 0 Å². The van der Waals surface area contributed by atoms with Crippen LogP contribution in [0.25, 0.3) is 0 Å². The van der Waals surface area contributed by atoms with Gasteiger partial charge in [0.2, 0.25) is 0 Å². The summed E-state index contributed by atoms with van der Waals surface area (Å²) >= 11 is 6.15. The highest BCUT2D eigenvalue weighted by Gasteiger charge is 2.14. The number of halogens is 1. The lowest BCUT2D eigenvalue weighted by Gasteiger charge is -2.13. The third-order valence-corrected chi connectivity index (χ3v) is 6.39. The van der Waals surface area contributed by atoms with Gasteiger partial charge >= 0.3 is 0 Å². The first-order valence-corrected chi connectivity index (χ1v) is 7.99. The van der Waals surface area contributed by atoms with Crippen molar-refractivity contribution in [3.8, 4) is 0 Å². The van der Waals surface area contributed by atoms with Crippen LogP contribution < -0.4 is 10.4 Å². The van der Waals surface area contributed by atoms with Crippen LogP contribution in [0.4, 0.5) is 0 Å². The van der Waals surface area contributed by atoms with Crippen LogP contribution in [0.3, 0.4) is 0 Å². The van der Waals surface area contributed by atoms with Gasteiger partial charge < -0.3 is 0 Å². The van der Waals surface area contributed by atoms with Crippen LogP contribution in [0, 0.1) is 6.92 Å². The third-order valence-electron chi connectivity index (χ3n) is 2.80. The summed E-state index contributed by atoms with van der Waals surface area (Å²) in [6.45, 7) is 2.13. The van der Waals surface area contributed by atoms with Crippen molar-refractivity contribution in [3.05, 3.63) is 60.2 Å². The number of benzene rings is 2. The van der Waals surface area contributed by atoms with Gasteiger partial charge in [0.1, 0.15) is 8.80 Å². The Kier molecular flexibility index (Phi) is 3.81. The van der Waals surface area contributed by atoms with Gasteiger partial charge in [-0.2, -0.15) is 0 Å². The van der Waals surface area contributed by atoms with Crippen molar-refractivity contribution in [1.82, 2.24) is 0 Å². The van der Waals surface area contributed by atoms with Crippen molar-refractivity contribution in [1.29, 1.82) is 0 Å². The molecule has 0 fully saturated rings. The second-order valence-electron chi connectivity index (χ2n) is 4.03. The molecule has 1 unspecified atom stereocenters. The maximum atomic E-state index is 6.15. The van der Waals surface area contributed by atoms with E-state index in [0.29, 0.717) is 0 Å². The van der Waals surface area contributed by atoms with E-state index in [0.717, 1.165) is 5.50 Å². The van der Waals surface area contributed by atoms with Crippen molar-refractivity contribution in [2.45, 2.75) is 6.92 Å². The summed E-state index contributed by atoms with van der Waals surface area (Å²) in [6.07, 6.45) is 0. The normalized spacial score (nSPS) is 12.4. The quantitative estimate of drug-likeness (QED) is 0.575. The van der Waals surface area contributed by atoms with Crippen molar-refractivity contribution < 1.29 is 0 Å². The number of hydrogen-bond acceptors (Lipinski definition) is 0. The Morgan fingerprint density at radius 1 is 0.938 bits per heavy atom. The second-order valence-corrected chi connectivity index (χ2v) is 7.70. The molecule has 0 saturated heterocycles. The summed E-state index contributed by atoms with van der Waals surface area (Å²) in [4.78, 5) is 0. The average molecular weight is 247 g/mol. The molecule has 0 bridgehead atoms. The predicted molar refractivity (Wildman–Crippen MR) is 74.8 cm³/mol. The van der Waals surface area contributed by atoms with Gasteiger partial charge in [0, 0.05) is 5.50 Å². The molecule has 0 aromatic heterocycles. The van der Waals surface area contributed by atoms with E-state index in [-0.39, 0.29) is 0 Å². The smallest absolute Gasteiger partial charge is 0.117 e. The Morgan fingerprint density at radius 2 is 1.62 bits per heavy atom. The molecule has 0 aliphatic rings. The number of aryl methyl sites for hydroxylation is 1. The van der Waals surface area contributed by atoms with E-state index in [4.69, 9.17) is 11.6 Å². The van der Waals surface area contributed by atoms with Gasteiger partial charge in [0.05, 0.1) is 0 Å². The lowest BCUT2D eigenvalue weighted by atomic mass is 10.2. The molecule has 0 amide bonds. The van der Waals surface area contributed by atoms with Crippen LogP contribution in [0.15, 0.2) is 54.6 Å². The van der Waals surface area contributed by atoms with Crippen LogP contribution >= 0.6 is 11.6 Å². The molecule has 0 aliphatic heterocycles. The van der Waals surface area contributed by atoms with E-state index in [1.54, 1.807) is 0 Å². The molecule has 2 heteroatoms. The Balaban J connectivity index is 2.37. The van der Waals surface area contributed by atoms with Crippen LogP contribution in [-0.2, 0) is 0 Å². The van der Waals surface area contributed by atoms with Crippen molar-refractivity contribution in [2.24, 2.45) is 0 Å². The van der Waals surface area contributed by atoms with Crippen LogP contribution in [0.2, 0.25) is 0 Å². The Morgan fingerprint density at radius 3 is 2.25 bits per heavy atom. The summed E-state index contributed by atoms with van der Waals surface area (Å²) in [5.74, 6) is 0. The van der Waals surface area contributed by atoms with Crippen molar-refractivity contribution in [3.63, 3.8) is 0 Å². The molecule has 0 heterocycles. The molecule has 0 nitrogen and oxygen atoms in total. The third kappa shape index (κ3) is 2.54. The zero-order valence-electron chi connectivity index (χ0n) is 9.36. The zero-order chi connectivity index (χ0) is 11.4. The van der Waals surface area contributed by atoms with Crippen molar-refractivity contribution in [2.75, 3.05) is 5.50 Å². The minimum absolute atomic E-state index is 0.757. The Bertz CT molecular complexity index is 453. The molecular formula is C14H15ClSi. The summed E-state index contributed by atoms with van der Waals surface area (Å²) in [6, 6.07) is 19.4. The zero-order valence-corrected chi connectivity index (χ0v) is 11.3. The van der Waals surface area contributed by atoms with E-state index in [1.807, 2.05) is 0 Å². The highest BCUT2D eigenvalue weighted by atomic mass is 35.5. The Hall–Kier alpha value is -1.05. The van der Waals surface area contributed by atoms with E-state index in [1.165, 1.54) is 15.9 Å². The molecular weight excluding hydrogens is 232 g/mol. The van der Waals surface area contributed by atoms with E-state index in [2.05, 4.69) is 61.5 Å². The number of rotatable bonds is 3. The highest BCUT2D eigenvalue weighted by molar-refractivity contribution is 6.89. The lowest BCUT2D eigenvalue weighted by molar-refractivity contribution is 1.49. The number of alkyl halides is 1. The van der Waals surface area contributed by atoms with Gasteiger partial charge in [0.15, 0.2) is 0 Å². The average Bonchev–Trinajstić information content (AvgIpc) is 2.31. The molecule has 0 radical (unpaired) electrons. The van der Waals surface area contributed by atoms with Gasteiger partial charge in [-0.25, -0.2) is 0 Å². The predicted octanol–water partition coefficient (Wildman–Crippen LogP) is 2.11. The summed E-state index contributed by atoms with van der Waals surface area (Å²) in [5.41, 5.74) is 2.07.